The van der Waals surface area contributed by atoms with Crippen molar-refractivity contribution in [3.05, 3.63) is 70.3 Å². The van der Waals surface area contributed by atoms with E-state index in [4.69, 9.17) is 0 Å². The first-order valence-electron chi connectivity index (χ1n) is 7.28. The van der Waals surface area contributed by atoms with Crippen molar-refractivity contribution >= 4 is 17.4 Å². The van der Waals surface area contributed by atoms with E-state index < -0.39 is 6.10 Å². The summed E-state index contributed by atoms with van der Waals surface area (Å²) in [6, 6.07) is 13.6. The number of aliphatic hydroxyl groups is 1. The van der Waals surface area contributed by atoms with Crippen LogP contribution in [0.1, 0.15) is 52.6 Å². The Balaban J connectivity index is 1.96. The van der Waals surface area contributed by atoms with Crippen LogP contribution in [0.15, 0.2) is 42.5 Å². The number of rotatable bonds is 3. The number of allylic oxidation sites excluding steroid dienone is 1. The highest BCUT2D eigenvalue weighted by Crippen LogP contribution is 2.32. The molecule has 1 aliphatic carbocycles. The van der Waals surface area contributed by atoms with Crippen molar-refractivity contribution in [2.45, 2.75) is 26.4 Å². The standard InChI is InChI=1S/C19H18O2/c1-3-13-4-5-16-11-18(19(21)17(16)10-13)15-8-6-14(7-9-15)12(2)20/h4-12,20H,3H2,1-2H3. The number of benzene rings is 2. The number of hydrogen-bond acceptors (Lipinski definition) is 2. The Morgan fingerprint density at radius 3 is 2.43 bits per heavy atom. The molecule has 1 unspecified atom stereocenters. The van der Waals surface area contributed by atoms with Gasteiger partial charge in [0.25, 0.3) is 0 Å². The Hall–Kier alpha value is -2.19. The van der Waals surface area contributed by atoms with Gasteiger partial charge in [-0.1, -0.05) is 43.3 Å². The lowest BCUT2D eigenvalue weighted by atomic mass is 9.99. The van der Waals surface area contributed by atoms with Crippen molar-refractivity contribution in [1.82, 2.24) is 0 Å². The Labute approximate surface area is 124 Å². The fraction of sp³-hybridized carbons (Fsp3) is 0.211. The summed E-state index contributed by atoms with van der Waals surface area (Å²) in [4.78, 5) is 12.6. The summed E-state index contributed by atoms with van der Waals surface area (Å²) in [7, 11) is 0. The molecule has 0 saturated heterocycles. The first kappa shape index (κ1) is 13.8. The zero-order chi connectivity index (χ0) is 15.0. The lowest BCUT2D eigenvalue weighted by Crippen LogP contribution is -2.00. The van der Waals surface area contributed by atoms with E-state index in [9.17, 15) is 9.90 Å². The minimum atomic E-state index is -0.489. The van der Waals surface area contributed by atoms with Gasteiger partial charge in [-0.2, -0.15) is 0 Å². The minimum absolute atomic E-state index is 0.0881. The largest absolute Gasteiger partial charge is 0.389 e. The summed E-state index contributed by atoms with van der Waals surface area (Å²) < 4.78 is 0. The van der Waals surface area contributed by atoms with Gasteiger partial charge in [0.1, 0.15) is 0 Å². The van der Waals surface area contributed by atoms with E-state index in [1.807, 2.05) is 42.5 Å². The molecule has 1 atom stereocenters. The zero-order valence-electron chi connectivity index (χ0n) is 12.3. The summed E-state index contributed by atoms with van der Waals surface area (Å²) in [5, 5.41) is 9.55. The topological polar surface area (TPSA) is 37.3 Å². The Bertz CT molecular complexity index is 722. The molecule has 2 nitrogen and oxygen atoms in total. The molecule has 0 fully saturated rings. The van der Waals surface area contributed by atoms with Gasteiger partial charge in [-0.3, -0.25) is 4.79 Å². The summed E-state index contributed by atoms with van der Waals surface area (Å²) in [6.07, 6.45) is 2.39. The fourth-order valence-corrected chi connectivity index (χ4v) is 2.67. The number of aliphatic hydroxyl groups excluding tert-OH is 1. The van der Waals surface area contributed by atoms with Gasteiger partial charge in [0.05, 0.1) is 6.10 Å². The molecule has 0 bridgehead atoms. The summed E-state index contributed by atoms with van der Waals surface area (Å²) >= 11 is 0. The first-order valence-corrected chi connectivity index (χ1v) is 7.28. The molecule has 0 aromatic heterocycles. The molecular formula is C19H18O2. The number of fused-ring (bicyclic) bond motifs is 1. The van der Waals surface area contributed by atoms with E-state index >= 15 is 0 Å². The van der Waals surface area contributed by atoms with Crippen molar-refractivity contribution in [1.29, 1.82) is 0 Å². The van der Waals surface area contributed by atoms with Crippen LogP contribution in [0.4, 0.5) is 0 Å². The highest BCUT2D eigenvalue weighted by Gasteiger charge is 2.23. The molecule has 0 spiro atoms. The van der Waals surface area contributed by atoms with Gasteiger partial charge >= 0.3 is 0 Å². The molecule has 0 saturated carbocycles. The molecular weight excluding hydrogens is 260 g/mol. The fourth-order valence-electron chi connectivity index (χ4n) is 2.67. The molecule has 2 aromatic carbocycles. The van der Waals surface area contributed by atoms with E-state index in [0.29, 0.717) is 0 Å². The van der Waals surface area contributed by atoms with Crippen LogP contribution in [0, 0.1) is 0 Å². The third-order valence-corrected chi connectivity index (χ3v) is 4.02. The van der Waals surface area contributed by atoms with E-state index in [0.717, 1.165) is 34.2 Å². The number of carbonyl (C=O) groups excluding carboxylic acids is 1. The molecule has 2 aromatic rings. The summed E-state index contributed by atoms with van der Waals surface area (Å²) in [5.41, 5.74) is 5.46. The Morgan fingerprint density at radius 1 is 1.10 bits per heavy atom. The monoisotopic (exact) mass is 278 g/mol. The van der Waals surface area contributed by atoms with Gasteiger partial charge in [0, 0.05) is 11.1 Å². The van der Waals surface area contributed by atoms with Crippen molar-refractivity contribution in [3.8, 4) is 0 Å². The molecule has 0 aliphatic heterocycles. The average molecular weight is 278 g/mol. The Morgan fingerprint density at radius 2 is 1.81 bits per heavy atom. The smallest absolute Gasteiger partial charge is 0.194 e. The lowest BCUT2D eigenvalue weighted by Gasteiger charge is -2.06. The van der Waals surface area contributed by atoms with Gasteiger partial charge in [-0.15, -0.1) is 0 Å². The third-order valence-electron chi connectivity index (χ3n) is 4.02. The van der Waals surface area contributed by atoms with Gasteiger partial charge in [-0.25, -0.2) is 0 Å². The van der Waals surface area contributed by atoms with Crippen molar-refractivity contribution in [2.75, 3.05) is 0 Å². The maximum atomic E-state index is 12.6. The van der Waals surface area contributed by atoms with Crippen LogP contribution in [-0.2, 0) is 6.42 Å². The lowest BCUT2D eigenvalue weighted by molar-refractivity contribution is 0.105. The highest BCUT2D eigenvalue weighted by molar-refractivity contribution is 6.37. The molecule has 106 valence electrons. The van der Waals surface area contributed by atoms with Crippen molar-refractivity contribution in [2.24, 2.45) is 0 Å². The minimum Gasteiger partial charge on any atom is -0.389 e. The molecule has 1 aliphatic rings. The van der Waals surface area contributed by atoms with E-state index in [1.165, 1.54) is 5.56 Å². The number of ketones is 1. The SMILES string of the molecule is CCc1ccc2c(c1)C(=O)C(c1ccc(C(C)O)cc1)=C2. The molecule has 0 heterocycles. The normalized spacial score (nSPS) is 14.8. The second-order valence-corrected chi connectivity index (χ2v) is 5.46. The van der Waals surface area contributed by atoms with Crippen LogP contribution in [0.3, 0.4) is 0 Å². The first-order chi connectivity index (χ1) is 10.1. The van der Waals surface area contributed by atoms with Crippen LogP contribution in [0.2, 0.25) is 0 Å². The molecule has 0 amide bonds. The molecule has 0 radical (unpaired) electrons. The van der Waals surface area contributed by atoms with Gasteiger partial charge in [0.15, 0.2) is 5.78 Å². The average Bonchev–Trinajstić information content (AvgIpc) is 2.84. The number of Topliss-reactive ketones (excluding diaryl/α,β-unsaturated/α-hetero) is 1. The summed E-state index contributed by atoms with van der Waals surface area (Å²) in [5.74, 6) is 0.0881. The maximum absolute atomic E-state index is 12.6. The van der Waals surface area contributed by atoms with Gasteiger partial charge in [0.2, 0.25) is 0 Å². The highest BCUT2D eigenvalue weighted by atomic mass is 16.3. The van der Waals surface area contributed by atoms with Gasteiger partial charge in [-0.05, 0) is 47.7 Å². The van der Waals surface area contributed by atoms with E-state index in [1.54, 1.807) is 6.92 Å². The van der Waals surface area contributed by atoms with Crippen molar-refractivity contribution in [3.63, 3.8) is 0 Å². The Kier molecular flexibility index (Phi) is 3.48. The number of hydrogen-bond donors (Lipinski definition) is 1. The molecule has 3 rings (SSSR count). The molecule has 2 heteroatoms. The zero-order valence-corrected chi connectivity index (χ0v) is 12.3. The van der Waals surface area contributed by atoms with Crippen LogP contribution >= 0.6 is 0 Å². The number of carbonyl (C=O) groups is 1. The maximum Gasteiger partial charge on any atom is 0.194 e. The predicted octanol–water partition coefficient (Wildman–Crippen LogP) is 4.04. The van der Waals surface area contributed by atoms with Crippen LogP contribution in [0.25, 0.3) is 11.6 Å². The predicted molar refractivity (Wildman–Crippen MR) is 85.1 cm³/mol. The van der Waals surface area contributed by atoms with Crippen LogP contribution in [0.5, 0.6) is 0 Å². The summed E-state index contributed by atoms with van der Waals surface area (Å²) in [6.45, 7) is 3.82. The van der Waals surface area contributed by atoms with Crippen LogP contribution < -0.4 is 0 Å². The molecule has 21 heavy (non-hydrogen) atoms. The van der Waals surface area contributed by atoms with Crippen LogP contribution in [-0.4, -0.2) is 10.9 Å². The third kappa shape index (κ3) is 2.43. The second kappa shape index (κ2) is 5.30. The quantitative estimate of drug-likeness (QED) is 0.920. The van der Waals surface area contributed by atoms with E-state index in [2.05, 4.69) is 13.0 Å². The van der Waals surface area contributed by atoms with E-state index in [-0.39, 0.29) is 5.78 Å². The van der Waals surface area contributed by atoms with Gasteiger partial charge < -0.3 is 5.11 Å². The van der Waals surface area contributed by atoms with Crippen molar-refractivity contribution < 1.29 is 9.90 Å². The second-order valence-electron chi connectivity index (χ2n) is 5.46. The number of aryl methyl sites for hydroxylation is 1. The molecule has 1 N–H and O–H groups in total.